The molecule has 1 fully saturated rings. The molecule has 1 aromatic heterocycles. The van der Waals surface area contributed by atoms with E-state index in [2.05, 4.69) is 54.0 Å². The monoisotopic (exact) mass is 278 g/mol. The SMILES string of the molecule is CCn1ccnc1CC(NC)C1(N(C)C)CCCCC1. The van der Waals surface area contributed by atoms with Crippen molar-refractivity contribution in [3.63, 3.8) is 0 Å². The molecule has 4 heteroatoms. The topological polar surface area (TPSA) is 33.1 Å². The first-order valence-corrected chi connectivity index (χ1v) is 7.98. The fourth-order valence-electron chi connectivity index (χ4n) is 3.83. The second-order valence-electron chi connectivity index (χ2n) is 6.23. The minimum atomic E-state index is 0.275. The molecule has 0 amide bonds. The van der Waals surface area contributed by atoms with E-state index in [0.717, 1.165) is 13.0 Å². The third kappa shape index (κ3) is 2.91. The number of hydrogen-bond donors (Lipinski definition) is 1. The Balaban J connectivity index is 2.20. The van der Waals surface area contributed by atoms with E-state index < -0.39 is 0 Å². The number of nitrogens with one attached hydrogen (secondary N) is 1. The third-order valence-corrected chi connectivity index (χ3v) is 5.14. The maximum atomic E-state index is 4.56. The third-order valence-electron chi connectivity index (χ3n) is 5.14. The number of aromatic nitrogens is 2. The predicted octanol–water partition coefficient (Wildman–Crippen LogP) is 2.30. The smallest absolute Gasteiger partial charge is 0.110 e. The molecule has 1 unspecified atom stereocenters. The summed E-state index contributed by atoms with van der Waals surface area (Å²) in [5, 5.41) is 3.59. The van der Waals surface area contributed by atoms with Crippen LogP contribution in [0.3, 0.4) is 0 Å². The summed E-state index contributed by atoms with van der Waals surface area (Å²) in [7, 11) is 6.58. The quantitative estimate of drug-likeness (QED) is 0.867. The zero-order chi connectivity index (χ0) is 14.6. The van der Waals surface area contributed by atoms with Crippen molar-refractivity contribution in [2.24, 2.45) is 0 Å². The van der Waals surface area contributed by atoms with Gasteiger partial charge >= 0.3 is 0 Å². The molecule has 0 saturated heterocycles. The van der Waals surface area contributed by atoms with Gasteiger partial charge in [-0.1, -0.05) is 19.3 Å². The summed E-state index contributed by atoms with van der Waals surface area (Å²) >= 11 is 0. The van der Waals surface area contributed by atoms with Crippen LogP contribution in [0.4, 0.5) is 0 Å². The minimum absolute atomic E-state index is 0.275. The lowest BCUT2D eigenvalue weighted by Crippen LogP contribution is -2.60. The van der Waals surface area contributed by atoms with Gasteiger partial charge in [0.2, 0.25) is 0 Å². The Morgan fingerprint density at radius 1 is 1.35 bits per heavy atom. The van der Waals surface area contributed by atoms with Gasteiger partial charge in [0.1, 0.15) is 5.82 Å². The minimum Gasteiger partial charge on any atom is -0.335 e. The summed E-state index contributed by atoms with van der Waals surface area (Å²) in [5.41, 5.74) is 0.275. The lowest BCUT2D eigenvalue weighted by atomic mass is 9.74. The van der Waals surface area contributed by atoms with E-state index in [9.17, 15) is 0 Å². The fourth-order valence-corrected chi connectivity index (χ4v) is 3.83. The first-order chi connectivity index (χ1) is 9.64. The summed E-state index contributed by atoms with van der Waals surface area (Å²) in [4.78, 5) is 7.02. The van der Waals surface area contributed by atoms with Gasteiger partial charge in [0.15, 0.2) is 0 Å². The molecule has 1 atom stereocenters. The lowest BCUT2D eigenvalue weighted by molar-refractivity contribution is 0.0588. The Bertz CT molecular complexity index is 404. The van der Waals surface area contributed by atoms with Gasteiger partial charge in [-0.15, -0.1) is 0 Å². The Hall–Kier alpha value is -0.870. The summed E-state index contributed by atoms with van der Waals surface area (Å²) < 4.78 is 2.26. The van der Waals surface area contributed by atoms with E-state index in [1.54, 1.807) is 0 Å². The molecule has 0 radical (unpaired) electrons. The highest BCUT2D eigenvalue weighted by Crippen LogP contribution is 2.36. The molecule has 1 heterocycles. The van der Waals surface area contributed by atoms with E-state index in [4.69, 9.17) is 0 Å². The van der Waals surface area contributed by atoms with E-state index in [-0.39, 0.29) is 5.54 Å². The van der Waals surface area contributed by atoms with Gasteiger partial charge in [0.05, 0.1) is 0 Å². The summed E-state index contributed by atoms with van der Waals surface area (Å²) in [6.45, 7) is 3.18. The largest absolute Gasteiger partial charge is 0.335 e. The molecule has 2 rings (SSSR count). The molecule has 1 aliphatic rings. The first kappa shape index (κ1) is 15.5. The maximum Gasteiger partial charge on any atom is 0.110 e. The fraction of sp³-hybridized carbons (Fsp3) is 0.812. The van der Waals surface area contributed by atoms with Crippen LogP contribution < -0.4 is 5.32 Å². The van der Waals surface area contributed by atoms with Crippen LogP contribution in [-0.2, 0) is 13.0 Å². The molecule has 0 aliphatic heterocycles. The number of hydrogen-bond acceptors (Lipinski definition) is 3. The summed E-state index contributed by atoms with van der Waals surface area (Å²) in [5.74, 6) is 1.21. The Kier molecular flexibility index (Phi) is 5.22. The van der Waals surface area contributed by atoms with E-state index >= 15 is 0 Å². The van der Waals surface area contributed by atoms with Crippen molar-refractivity contribution in [1.29, 1.82) is 0 Å². The Labute approximate surface area is 123 Å². The van der Waals surface area contributed by atoms with Crippen molar-refractivity contribution in [1.82, 2.24) is 19.8 Å². The van der Waals surface area contributed by atoms with Crippen molar-refractivity contribution in [2.45, 2.75) is 63.6 Å². The van der Waals surface area contributed by atoms with E-state index in [0.29, 0.717) is 6.04 Å². The molecule has 0 spiro atoms. The maximum absolute atomic E-state index is 4.56. The molecule has 1 aromatic rings. The van der Waals surface area contributed by atoms with Crippen LogP contribution in [0.5, 0.6) is 0 Å². The van der Waals surface area contributed by atoms with Crippen LogP contribution in [0, 0.1) is 0 Å². The zero-order valence-corrected chi connectivity index (χ0v) is 13.5. The van der Waals surface area contributed by atoms with Crippen LogP contribution in [0.15, 0.2) is 12.4 Å². The van der Waals surface area contributed by atoms with Crippen molar-refractivity contribution >= 4 is 0 Å². The second-order valence-corrected chi connectivity index (χ2v) is 6.23. The highest BCUT2D eigenvalue weighted by molar-refractivity contribution is 5.06. The molecule has 20 heavy (non-hydrogen) atoms. The van der Waals surface area contributed by atoms with Gasteiger partial charge in [-0.3, -0.25) is 0 Å². The molecule has 114 valence electrons. The van der Waals surface area contributed by atoms with Gasteiger partial charge in [-0.05, 0) is 40.9 Å². The average molecular weight is 278 g/mol. The predicted molar refractivity (Wildman–Crippen MR) is 84.0 cm³/mol. The van der Waals surface area contributed by atoms with Crippen LogP contribution in [-0.4, -0.2) is 47.2 Å². The van der Waals surface area contributed by atoms with Crippen molar-refractivity contribution in [3.8, 4) is 0 Å². The van der Waals surface area contributed by atoms with E-state index in [1.807, 2.05) is 6.20 Å². The molecule has 1 aliphatic carbocycles. The van der Waals surface area contributed by atoms with Gasteiger partial charge in [0, 0.05) is 36.9 Å². The van der Waals surface area contributed by atoms with Crippen molar-refractivity contribution in [2.75, 3.05) is 21.1 Å². The Morgan fingerprint density at radius 2 is 2.05 bits per heavy atom. The zero-order valence-electron chi connectivity index (χ0n) is 13.5. The first-order valence-electron chi connectivity index (χ1n) is 7.98. The molecule has 4 nitrogen and oxygen atoms in total. The van der Waals surface area contributed by atoms with Gasteiger partial charge < -0.3 is 14.8 Å². The van der Waals surface area contributed by atoms with Crippen LogP contribution in [0.25, 0.3) is 0 Å². The standard InChI is InChI=1S/C16H30N4/c1-5-20-12-11-18-15(20)13-14(17-2)16(19(3)4)9-7-6-8-10-16/h11-12,14,17H,5-10,13H2,1-4H3. The Morgan fingerprint density at radius 3 is 2.60 bits per heavy atom. The van der Waals surface area contributed by atoms with Gasteiger partial charge in [0.25, 0.3) is 0 Å². The number of imidazole rings is 1. The number of rotatable bonds is 6. The van der Waals surface area contributed by atoms with Crippen LogP contribution >= 0.6 is 0 Å². The molecular formula is C16H30N4. The molecular weight excluding hydrogens is 248 g/mol. The van der Waals surface area contributed by atoms with Crippen molar-refractivity contribution in [3.05, 3.63) is 18.2 Å². The van der Waals surface area contributed by atoms with Gasteiger partial charge in [-0.2, -0.15) is 0 Å². The molecule has 0 bridgehead atoms. The molecule has 1 N–H and O–H groups in total. The number of likely N-dealkylation sites (N-methyl/N-ethyl adjacent to an activating group) is 2. The molecule has 0 aromatic carbocycles. The summed E-state index contributed by atoms with van der Waals surface area (Å²) in [6, 6.07) is 0.463. The van der Waals surface area contributed by atoms with Crippen LogP contribution in [0.2, 0.25) is 0 Å². The highest BCUT2D eigenvalue weighted by Gasteiger charge is 2.41. The highest BCUT2D eigenvalue weighted by atomic mass is 15.2. The second kappa shape index (κ2) is 6.72. The van der Waals surface area contributed by atoms with Gasteiger partial charge in [-0.25, -0.2) is 4.98 Å². The lowest BCUT2D eigenvalue weighted by Gasteiger charge is -2.48. The molecule has 1 saturated carbocycles. The van der Waals surface area contributed by atoms with Crippen molar-refractivity contribution < 1.29 is 0 Å². The summed E-state index contributed by atoms with van der Waals surface area (Å²) in [6.07, 6.45) is 11.7. The average Bonchev–Trinajstić information content (AvgIpc) is 2.92. The normalized spacial score (nSPS) is 20.2. The number of aryl methyl sites for hydroxylation is 1. The van der Waals surface area contributed by atoms with Crippen LogP contribution in [0.1, 0.15) is 44.9 Å². The number of nitrogens with zero attached hydrogens (tertiary/aromatic N) is 3. The van der Waals surface area contributed by atoms with E-state index in [1.165, 1.54) is 37.9 Å².